The Balaban J connectivity index is 2.39. The minimum absolute atomic E-state index is 0.460. The van der Waals surface area contributed by atoms with Crippen molar-refractivity contribution in [2.45, 2.75) is 59.4 Å². The minimum atomic E-state index is 0.460. The standard InChI is InChI=1S/C17H29N/c1-5-7-8-16(6-2)13-18-15(4)17-11-9-14(3)10-12-17/h9-12,15-16,18H,5-8,13H2,1-4H3/t15-,16?/m1/s1. The molecule has 1 heteroatoms. The Morgan fingerprint density at radius 2 is 1.78 bits per heavy atom. The first-order valence-electron chi connectivity index (χ1n) is 7.47. The summed E-state index contributed by atoms with van der Waals surface area (Å²) in [6.45, 7) is 10.1. The smallest absolute Gasteiger partial charge is 0.0291 e. The fraction of sp³-hybridized carbons (Fsp3) is 0.647. The molecule has 1 nitrogen and oxygen atoms in total. The third-order valence-electron chi connectivity index (χ3n) is 3.83. The molecule has 2 atom stereocenters. The molecule has 102 valence electrons. The lowest BCUT2D eigenvalue weighted by molar-refractivity contribution is 0.398. The van der Waals surface area contributed by atoms with E-state index in [-0.39, 0.29) is 0 Å². The third-order valence-corrected chi connectivity index (χ3v) is 3.83. The molecular formula is C17H29N. The van der Waals surface area contributed by atoms with Gasteiger partial charge in [0.2, 0.25) is 0 Å². The van der Waals surface area contributed by atoms with Crippen molar-refractivity contribution < 1.29 is 0 Å². The molecule has 0 aliphatic carbocycles. The zero-order valence-electron chi connectivity index (χ0n) is 12.5. The van der Waals surface area contributed by atoms with Crippen LogP contribution in [0.2, 0.25) is 0 Å². The van der Waals surface area contributed by atoms with Crippen molar-refractivity contribution >= 4 is 0 Å². The number of nitrogens with one attached hydrogen (secondary N) is 1. The number of hydrogen-bond acceptors (Lipinski definition) is 1. The zero-order chi connectivity index (χ0) is 13.4. The summed E-state index contributed by atoms with van der Waals surface area (Å²) >= 11 is 0. The first-order chi connectivity index (χ1) is 8.67. The second-order valence-corrected chi connectivity index (χ2v) is 5.46. The lowest BCUT2D eigenvalue weighted by Gasteiger charge is -2.20. The highest BCUT2D eigenvalue weighted by Crippen LogP contribution is 2.16. The highest BCUT2D eigenvalue weighted by atomic mass is 14.9. The van der Waals surface area contributed by atoms with Crippen LogP contribution >= 0.6 is 0 Å². The van der Waals surface area contributed by atoms with Crippen LogP contribution in [0.15, 0.2) is 24.3 Å². The second kappa shape index (κ2) is 8.31. The average molecular weight is 247 g/mol. The number of unbranched alkanes of at least 4 members (excludes halogenated alkanes) is 1. The van der Waals surface area contributed by atoms with Crippen molar-refractivity contribution in [3.63, 3.8) is 0 Å². The monoisotopic (exact) mass is 247 g/mol. The molecule has 0 aromatic heterocycles. The van der Waals surface area contributed by atoms with Crippen LogP contribution in [0.25, 0.3) is 0 Å². The summed E-state index contributed by atoms with van der Waals surface area (Å²) in [6.07, 6.45) is 5.32. The van der Waals surface area contributed by atoms with E-state index in [1.165, 1.54) is 36.8 Å². The Kier molecular flexibility index (Phi) is 7.04. The number of benzene rings is 1. The normalized spacial score (nSPS) is 14.4. The Morgan fingerprint density at radius 3 is 2.33 bits per heavy atom. The summed E-state index contributed by atoms with van der Waals surface area (Å²) in [5.74, 6) is 0.831. The quantitative estimate of drug-likeness (QED) is 0.691. The molecule has 0 spiro atoms. The molecule has 18 heavy (non-hydrogen) atoms. The Hall–Kier alpha value is -0.820. The molecule has 0 saturated carbocycles. The summed E-state index contributed by atoms with van der Waals surface area (Å²) in [5, 5.41) is 3.68. The van der Waals surface area contributed by atoms with E-state index < -0.39 is 0 Å². The predicted octanol–water partition coefficient (Wildman–Crippen LogP) is 4.86. The van der Waals surface area contributed by atoms with Gasteiger partial charge in [0.25, 0.3) is 0 Å². The van der Waals surface area contributed by atoms with Gasteiger partial charge in [0.05, 0.1) is 0 Å². The van der Waals surface area contributed by atoms with Gasteiger partial charge in [0.15, 0.2) is 0 Å². The van der Waals surface area contributed by atoms with Crippen LogP contribution < -0.4 is 5.32 Å². The van der Waals surface area contributed by atoms with Gasteiger partial charge < -0.3 is 5.32 Å². The molecule has 1 rings (SSSR count). The van der Waals surface area contributed by atoms with E-state index in [2.05, 4.69) is 57.3 Å². The van der Waals surface area contributed by atoms with E-state index in [1.54, 1.807) is 0 Å². The SMILES string of the molecule is CCCCC(CC)CN[C@H](C)c1ccc(C)cc1. The van der Waals surface area contributed by atoms with Crippen LogP contribution in [-0.2, 0) is 0 Å². The molecule has 1 aromatic rings. The van der Waals surface area contributed by atoms with Crippen molar-refractivity contribution in [2.24, 2.45) is 5.92 Å². The number of rotatable bonds is 8. The molecule has 0 saturated heterocycles. The van der Waals surface area contributed by atoms with E-state index in [1.807, 2.05) is 0 Å². The summed E-state index contributed by atoms with van der Waals surface area (Å²) < 4.78 is 0. The first-order valence-corrected chi connectivity index (χ1v) is 7.47. The van der Waals surface area contributed by atoms with Crippen molar-refractivity contribution in [1.29, 1.82) is 0 Å². The minimum Gasteiger partial charge on any atom is -0.310 e. The molecular weight excluding hydrogens is 218 g/mol. The van der Waals surface area contributed by atoms with Crippen molar-refractivity contribution in [2.75, 3.05) is 6.54 Å². The fourth-order valence-electron chi connectivity index (χ4n) is 2.26. The van der Waals surface area contributed by atoms with E-state index in [4.69, 9.17) is 0 Å². The second-order valence-electron chi connectivity index (χ2n) is 5.46. The molecule has 0 amide bonds. The molecule has 1 aromatic carbocycles. The summed E-state index contributed by atoms with van der Waals surface area (Å²) in [5.41, 5.74) is 2.73. The van der Waals surface area contributed by atoms with Gasteiger partial charge in [-0.2, -0.15) is 0 Å². The third kappa shape index (κ3) is 5.22. The van der Waals surface area contributed by atoms with Crippen LogP contribution in [0.1, 0.15) is 63.6 Å². The maximum Gasteiger partial charge on any atom is 0.0291 e. The Labute approximate surface area is 113 Å². The van der Waals surface area contributed by atoms with E-state index in [9.17, 15) is 0 Å². The zero-order valence-corrected chi connectivity index (χ0v) is 12.5. The lowest BCUT2D eigenvalue weighted by atomic mass is 9.98. The molecule has 1 N–H and O–H groups in total. The van der Waals surface area contributed by atoms with Gasteiger partial charge in [-0.1, -0.05) is 62.9 Å². The largest absolute Gasteiger partial charge is 0.310 e. The molecule has 0 bridgehead atoms. The fourth-order valence-corrected chi connectivity index (χ4v) is 2.26. The molecule has 0 fully saturated rings. The lowest BCUT2D eigenvalue weighted by Crippen LogP contribution is -2.25. The van der Waals surface area contributed by atoms with E-state index in [0.29, 0.717) is 6.04 Å². The van der Waals surface area contributed by atoms with Gasteiger partial charge in [-0.05, 0) is 38.3 Å². The van der Waals surface area contributed by atoms with Crippen molar-refractivity contribution in [1.82, 2.24) is 5.32 Å². The highest BCUT2D eigenvalue weighted by Gasteiger charge is 2.09. The van der Waals surface area contributed by atoms with Crippen molar-refractivity contribution in [3.05, 3.63) is 35.4 Å². The number of hydrogen-bond donors (Lipinski definition) is 1. The molecule has 0 radical (unpaired) electrons. The van der Waals surface area contributed by atoms with Crippen molar-refractivity contribution in [3.8, 4) is 0 Å². The van der Waals surface area contributed by atoms with Crippen LogP contribution in [0.5, 0.6) is 0 Å². The number of aryl methyl sites for hydroxylation is 1. The molecule has 0 aliphatic rings. The van der Waals surface area contributed by atoms with Crippen LogP contribution in [0, 0.1) is 12.8 Å². The maximum absolute atomic E-state index is 3.68. The highest BCUT2D eigenvalue weighted by molar-refractivity contribution is 5.23. The Bertz CT molecular complexity index is 315. The first kappa shape index (κ1) is 15.2. The van der Waals surface area contributed by atoms with E-state index in [0.717, 1.165) is 12.5 Å². The van der Waals surface area contributed by atoms with Gasteiger partial charge in [-0.25, -0.2) is 0 Å². The summed E-state index contributed by atoms with van der Waals surface area (Å²) in [6, 6.07) is 9.32. The maximum atomic E-state index is 3.68. The Morgan fingerprint density at radius 1 is 1.11 bits per heavy atom. The van der Waals surface area contributed by atoms with Gasteiger partial charge >= 0.3 is 0 Å². The molecule has 0 heterocycles. The van der Waals surface area contributed by atoms with Crippen LogP contribution in [0.4, 0.5) is 0 Å². The van der Waals surface area contributed by atoms with Gasteiger partial charge in [-0.15, -0.1) is 0 Å². The van der Waals surface area contributed by atoms with E-state index >= 15 is 0 Å². The summed E-state index contributed by atoms with van der Waals surface area (Å²) in [7, 11) is 0. The predicted molar refractivity (Wildman–Crippen MR) is 80.9 cm³/mol. The van der Waals surface area contributed by atoms with Gasteiger partial charge in [0, 0.05) is 6.04 Å². The van der Waals surface area contributed by atoms with Crippen LogP contribution in [-0.4, -0.2) is 6.54 Å². The molecule has 1 unspecified atom stereocenters. The van der Waals surface area contributed by atoms with Crippen LogP contribution in [0.3, 0.4) is 0 Å². The average Bonchev–Trinajstić information content (AvgIpc) is 2.39. The summed E-state index contributed by atoms with van der Waals surface area (Å²) in [4.78, 5) is 0. The van der Waals surface area contributed by atoms with Gasteiger partial charge in [0.1, 0.15) is 0 Å². The van der Waals surface area contributed by atoms with Gasteiger partial charge in [-0.3, -0.25) is 0 Å². The molecule has 0 aliphatic heterocycles. The topological polar surface area (TPSA) is 12.0 Å².